The van der Waals surface area contributed by atoms with E-state index >= 15 is 0 Å². The average molecular weight is 268 g/mol. The number of nitrogens with zero attached hydrogens (tertiary/aromatic N) is 3. The number of amides is 3. The highest BCUT2D eigenvalue weighted by molar-refractivity contribution is 6.35. The molecule has 3 amide bonds. The molecule has 7 nitrogen and oxygen atoms in total. The first-order valence-electron chi connectivity index (χ1n) is 6.64. The molecular formula is C12H20N4O3. The molecule has 7 heteroatoms. The van der Waals surface area contributed by atoms with Crippen molar-refractivity contribution in [1.29, 1.82) is 0 Å². The first-order chi connectivity index (χ1) is 9.02. The Morgan fingerprint density at radius 1 is 1.21 bits per heavy atom. The maximum absolute atomic E-state index is 12.0. The Balaban J connectivity index is 1.91. The monoisotopic (exact) mass is 268 g/mol. The van der Waals surface area contributed by atoms with Gasteiger partial charge in [0.25, 0.3) is 0 Å². The standard InChI is InChI=1S/C12H20N4O3/c1-2-14-5-6-16(12(19)11(14)18)8-10(17)15-4-3-9(13)7-15/h9H,2-8,13H2,1H3/t9-/m1/s1. The molecule has 0 bridgehead atoms. The van der Waals surface area contributed by atoms with Crippen LogP contribution in [0.1, 0.15) is 13.3 Å². The minimum Gasteiger partial charge on any atom is -0.340 e. The van der Waals surface area contributed by atoms with Gasteiger partial charge in [0.1, 0.15) is 6.54 Å². The highest BCUT2D eigenvalue weighted by atomic mass is 16.2. The van der Waals surface area contributed by atoms with Crippen molar-refractivity contribution in [1.82, 2.24) is 14.7 Å². The van der Waals surface area contributed by atoms with Crippen molar-refractivity contribution >= 4 is 17.7 Å². The number of carbonyl (C=O) groups excluding carboxylic acids is 3. The van der Waals surface area contributed by atoms with E-state index in [0.717, 1.165) is 6.42 Å². The van der Waals surface area contributed by atoms with Crippen molar-refractivity contribution in [2.75, 3.05) is 39.3 Å². The Bertz CT molecular complexity index is 398. The lowest BCUT2D eigenvalue weighted by Gasteiger charge is -2.33. The molecule has 2 rings (SSSR count). The second-order valence-electron chi connectivity index (χ2n) is 5.00. The van der Waals surface area contributed by atoms with Crippen molar-refractivity contribution < 1.29 is 14.4 Å². The van der Waals surface area contributed by atoms with E-state index in [2.05, 4.69) is 0 Å². The van der Waals surface area contributed by atoms with Crippen LogP contribution in [0.4, 0.5) is 0 Å². The van der Waals surface area contributed by atoms with Crippen LogP contribution in [0.25, 0.3) is 0 Å². The van der Waals surface area contributed by atoms with Gasteiger partial charge in [-0.2, -0.15) is 0 Å². The molecule has 0 spiro atoms. The predicted molar refractivity (Wildman–Crippen MR) is 68.0 cm³/mol. The van der Waals surface area contributed by atoms with E-state index in [9.17, 15) is 14.4 Å². The molecule has 0 saturated carbocycles. The molecule has 2 aliphatic rings. The highest BCUT2D eigenvalue weighted by Crippen LogP contribution is 2.10. The first-order valence-corrected chi connectivity index (χ1v) is 6.64. The smallest absolute Gasteiger partial charge is 0.312 e. The Morgan fingerprint density at radius 2 is 1.84 bits per heavy atom. The van der Waals surface area contributed by atoms with Gasteiger partial charge in [0.2, 0.25) is 5.91 Å². The topological polar surface area (TPSA) is 86.9 Å². The summed E-state index contributed by atoms with van der Waals surface area (Å²) in [7, 11) is 0. The van der Waals surface area contributed by atoms with Gasteiger partial charge in [-0.05, 0) is 13.3 Å². The summed E-state index contributed by atoms with van der Waals surface area (Å²) in [5.41, 5.74) is 5.75. The molecule has 2 N–H and O–H groups in total. The van der Waals surface area contributed by atoms with Crippen molar-refractivity contribution in [3.8, 4) is 0 Å². The van der Waals surface area contributed by atoms with Gasteiger partial charge in [-0.15, -0.1) is 0 Å². The molecule has 2 aliphatic heterocycles. The third-order valence-electron chi connectivity index (χ3n) is 3.68. The van der Waals surface area contributed by atoms with Crippen molar-refractivity contribution in [2.45, 2.75) is 19.4 Å². The van der Waals surface area contributed by atoms with Gasteiger partial charge in [0.15, 0.2) is 0 Å². The normalized spacial score (nSPS) is 24.3. The fourth-order valence-electron chi connectivity index (χ4n) is 2.44. The lowest BCUT2D eigenvalue weighted by molar-refractivity contribution is -0.157. The zero-order valence-corrected chi connectivity index (χ0v) is 11.2. The summed E-state index contributed by atoms with van der Waals surface area (Å²) < 4.78 is 0. The molecule has 0 radical (unpaired) electrons. The number of nitrogens with two attached hydrogens (primary N) is 1. The van der Waals surface area contributed by atoms with Crippen molar-refractivity contribution in [2.24, 2.45) is 5.73 Å². The minimum absolute atomic E-state index is 0.0190. The molecule has 0 aliphatic carbocycles. The zero-order valence-electron chi connectivity index (χ0n) is 11.2. The molecule has 19 heavy (non-hydrogen) atoms. The third kappa shape index (κ3) is 2.86. The number of rotatable bonds is 3. The van der Waals surface area contributed by atoms with Crippen molar-refractivity contribution in [3.05, 3.63) is 0 Å². The van der Waals surface area contributed by atoms with Crippen molar-refractivity contribution in [3.63, 3.8) is 0 Å². The third-order valence-corrected chi connectivity index (χ3v) is 3.68. The number of likely N-dealkylation sites (tertiary alicyclic amines) is 1. The maximum atomic E-state index is 12.0. The fourth-order valence-corrected chi connectivity index (χ4v) is 2.44. The Morgan fingerprint density at radius 3 is 2.42 bits per heavy atom. The lowest BCUT2D eigenvalue weighted by atomic mass is 10.3. The summed E-state index contributed by atoms with van der Waals surface area (Å²) in [6.45, 7) is 4.42. The molecule has 0 aromatic carbocycles. The number of hydrogen-bond donors (Lipinski definition) is 1. The molecule has 0 aromatic rings. The zero-order chi connectivity index (χ0) is 14.0. The Labute approximate surface area is 112 Å². The molecule has 1 atom stereocenters. The van der Waals surface area contributed by atoms with E-state index in [1.54, 1.807) is 4.90 Å². The fraction of sp³-hybridized carbons (Fsp3) is 0.750. The summed E-state index contributed by atoms with van der Waals surface area (Å²) in [6.07, 6.45) is 0.794. The lowest BCUT2D eigenvalue weighted by Crippen LogP contribution is -2.56. The summed E-state index contributed by atoms with van der Waals surface area (Å²) in [4.78, 5) is 40.1. The van der Waals surface area contributed by atoms with E-state index in [4.69, 9.17) is 5.73 Å². The minimum atomic E-state index is -0.579. The number of piperazine rings is 1. The van der Waals surface area contributed by atoms with Crippen LogP contribution in [0, 0.1) is 0 Å². The second-order valence-corrected chi connectivity index (χ2v) is 5.00. The number of likely N-dealkylation sites (N-methyl/N-ethyl adjacent to an activating group) is 1. The van der Waals surface area contributed by atoms with Crippen LogP contribution >= 0.6 is 0 Å². The van der Waals surface area contributed by atoms with Crippen LogP contribution in [-0.2, 0) is 14.4 Å². The SMILES string of the molecule is CCN1CCN(CC(=O)N2CC[C@@H](N)C2)C(=O)C1=O. The van der Waals surface area contributed by atoms with Gasteiger partial charge in [0.05, 0.1) is 0 Å². The Kier molecular flexibility index (Phi) is 4.04. The van der Waals surface area contributed by atoms with Gasteiger partial charge in [-0.3, -0.25) is 14.4 Å². The largest absolute Gasteiger partial charge is 0.340 e. The van der Waals surface area contributed by atoms with Crippen LogP contribution in [-0.4, -0.2) is 77.7 Å². The summed E-state index contributed by atoms with van der Waals surface area (Å²) in [5, 5.41) is 0. The van der Waals surface area contributed by atoms with E-state index in [0.29, 0.717) is 32.7 Å². The molecule has 106 valence electrons. The Hall–Kier alpha value is -1.63. The van der Waals surface area contributed by atoms with Crippen LogP contribution in [0.15, 0.2) is 0 Å². The van der Waals surface area contributed by atoms with E-state index in [1.165, 1.54) is 9.80 Å². The molecule has 0 unspecified atom stereocenters. The molecule has 0 aromatic heterocycles. The van der Waals surface area contributed by atoms with E-state index in [1.807, 2.05) is 6.92 Å². The van der Waals surface area contributed by atoms with Crippen LogP contribution in [0.2, 0.25) is 0 Å². The van der Waals surface area contributed by atoms with Gasteiger partial charge in [-0.1, -0.05) is 0 Å². The maximum Gasteiger partial charge on any atom is 0.312 e. The summed E-state index contributed by atoms with van der Waals surface area (Å²) in [5.74, 6) is -1.22. The molecule has 2 fully saturated rings. The predicted octanol–water partition coefficient (Wildman–Crippen LogP) is -1.76. The summed E-state index contributed by atoms with van der Waals surface area (Å²) in [6, 6.07) is 0.0261. The van der Waals surface area contributed by atoms with Gasteiger partial charge in [-0.25, -0.2) is 0 Å². The number of carbonyl (C=O) groups is 3. The second kappa shape index (κ2) is 5.56. The number of hydrogen-bond acceptors (Lipinski definition) is 4. The van der Waals surface area contributed by atoms with E-state index in [-0.39, 0.29) is 18.5 Å². The average Bonchev–Trinajstić information content (AvgIpc) is 2.82. The summed E-state index contributed by atoms with van der Waals surface area (Å²) >= 11 is 0. The first kappa shape index (κ1) is 13.8. The molecular weight excluding hydrogens is 248 g/mol. The van der Waals surface area contributed by atoms with Gasteiger partial charge in [0, 0.05) is 38.8 Å². The van der Waals surface area contributed by atoms with Gasteiger partial charge >= 0.3 is 11.8 Å². The van der Waals surface area contributed by atoms with E-state index < -0.39 is 11.8 Å². The molecule has 2 heterocycles. The quantitative estimate of drug-likeness (QED) is 0.614. The molecule has 2 saturated heterocycles. The van der Waals surface area contributed by atoms with Crippen LogP contribution in [0.3, 0.4) is 0 Å². The van der Waals surface area contributed by atoms with Gasteiger partial charge < -0.3 is 20.4 Å². The van der Waals surface area contributed by atoms with Crippen LogP contribution < -0.4 is 5.73 Å². The van der Waals surface area contributed by atoms with Crippen LogP contribution in [0.5, 0.6) is 0 Å². The highest BCUT2D eigenvalue weighted by Gasteiger charge is 2.34.